The highest BCUT2D eigenvalue weighted by atomic mass is 19.1. The van der Waals surface area contributed by atoms with Crippen LogP contribution in [0.25, 0.3) is 0 Å². The number of nitrogens with two attached hydrogens (primary N) is 1. The minimum Gasteiger partial charge on any atom is -0.383 e. The lowest BCUT2D eigenvalue weighted by Gasteiger charge is -2.32. The van der Waals surface area contributed by atoms with Crippen molar-refractivity contribution in [2.45, 2.75) is 31.6 Å². The first-order valence-corrected chi connectivity index (χ1v) is 11.2. The molecule has 0 radical (unpaired) electrons. The van der Waals surface area contributed by atoms with Gasteiger partial charge in [-0.15, -0.1) is 0 Å². The molecule has 1 aromatic heterocycles. The maximum Gasteiger partial charge on any atom is 0.257 e. The lowest BCUT2D eigenvalue weighted by molar-refractivity contribution is -0.132. The summed E-state index contributed by atoms with van der Waals surface area (Å²) in [4.78, 5) is 33.4. The van der Waals surface area contributed by atoms with Gasteiger partial charge in [-0.2, -0.15) is 0 Å². The van der Waals surface area contributed by atoms with Gasteiger partial charge < -0.3 is 20.3 Å². The summed E-state index contributed by atoms with van der Waals surface area (Å²) in [6, 6.07) is 10.2. The van der Waals surface area contributed by atoms with Crippen LogP contribution in [0, 0.1) is 5.82 Å². The van der Waals surface area contributed by atoms with Crippen LogP contribution in [0.1, 0.15) is 46.8 Å². The topological polar surface area (TPSA) is 88.8 Å². The number of morpholine rings is 1. The predicted molar refractivity (Wildman–Crippen MR) is 119 cm³/mol. The van der Waals surface area contributed by atoms with Gasteiger partial charge in [0.2, 0.25) is 5.91 Å². The smallest absolute Gasteiger partial charge is 0.257 e. The minimum atomic E-state index is -0.266. The molecule has 170 valence electrons. The van der Waals surface area contributed by atoms with Gasteiger partial charge in [-0.1, -0.05) is 18.2 Å². The number of pyridine rings is 1. The molecule has 1 aromatic carbocycles. The average molecular weight is 441 g/mol. The Balaban J connectivity index is 1.31. The van der Waals surface area contributed by atoms with Crippen molar-refractivity contribution >= 4 is 17.6 Å². The fourth-order valence-corrected chi connectivity index (χ4v) is 4.36. The molecule has 0 aliphatic carbocycles. The molecule has 0 spiro atoms. The molecule has 2 saturated heterocycles. The summed E-state index contributed by atoms with van der Waals surface area (Å²) in [5.74, 6) is 0.117. The van der Waals surface area contributed by atoms with Gasteiger partial charge in [-0.25, -0.2) is 9.37 Å². The first-order valence-electron chi connectivity index (χ1n) is 11.2. The zero-order chi connectivity index (χ0) is 22.5. The van der Waals surface area contributed by atoms with E-state index >= 15 is 0 Å². The van der Waals surface area contributed by atoms with E-state index in [4.69, 9.17) is 10.5 Å². The van der Waals surface area contributed by atoms with Crippen molar-refractivity contribution in [2.75, 3.05) is 45.1 Å². The number of amides is 2. The third-order valence-electron chi connectivity index (χ3n) is 6.31. The summed E-state index contributed by atoms with van der Waals surface area (Å²) in [6.07, 6.45) is 2.28. The van der Waals surface area contributed by atoms with Crippen LogP contribution in [0.4, 0.5) is 10.2 Å². The van der Waals surface area contributed by atoms with Gasteiger partial charge >= 0.3 is 0 Å². The number of likely N-dealkylation sites (tertiary alicyclic amines) is 1. The Bertz CT molecular complexity index is 969. The summed E-state index contributed by atoms with van der Waals surface area (Å²) in [7, 11) is 0. The van der Waals surface area contributed by atoms with Gasteiger partial charge in [0, 0.05) is 44.2 Å². The highest BCUT2D eigenvalue weighted by Gasteiger charge is 2.26. The maximum atomic E-state index is 13.8. The van der Waals surface area contributed by atoms with Crippen LogP contribution in [-0.2, 0) is 16.0 Å². The second-order valence-electron chi connectivity index (χ2n) is 8.32. The van der Waals surface area contributed by atoms with E-state index in [1.54, 1.807) is 29.2 Å². The normalized spacial score (nSPS) is 17.4. The van der Waals surface area contributed by atoms with Crippen molar-refractivity contribution in [3.63, 3.8) is 0 Å². The first-order chi connectivity index (χ1) is 15.5. The van der Waals surface area contributed by atoms with Gasteiger partial charge in [-0.3, -0.25) is 9.59 Å². The molecule has 3 heterocycles. The quantitative estimate of drug-likeness (QED) is 0.772. The number of anilines is 1. The van der Waals surface area contributed by atoms with Gasteiger partial charge in [0.05, 0.1) is 18.8 Å². The number of aryl methyl sites for hydroxylation is 1. The van der Waals surface area contributed by atoms with E-state index in [0.29, 0.717) is 63.4 Å². The van der Waals surface area contributed by atoms with Crippen LogP contribution in [0.3, 0.4) is 0 Å². The Labute approximate surface area is 187 Å². The third kappa shape index (κ3) is 5.07. The SMILES string of the molecule is Nc1nc(C2CCN(C(=O)CCc3ccccc3F)CC2)ccc1C(=O)N1CCOCC1. The molecular weight excluding hydrogens is 411 g/mol. The van der Waals surface area contributed by atoms with E-state index in [1.165, 1.54) is 6.07 Å². The van der Waals surface area contributed by atoms with Crippen molar-refractivity contribution in [3.8, 4) is 0 Å². The van der Waals surface area contributed by atoms with E-state index in [9.17, 15) is 14.0 Å². The number of piperidine rings is 1. The molecule has 4 rings (SSSR count). The number of halogens is 1. The number of rotatable bonds is 5. The van der Waals surface area contributed by atoms with Crippen molar-refractivity contribution in [3.05, 3.63) is 59.0 Å². The second kappa shape index (κ2) is 10.1. The molecule has 0 bridgehead atoms. The van der Waals surface area contributed by atoms with Crippen LogP contribution in [0.5, 0.6) is 0 Å². The van der Waals surface area contributed by atoms with E-state index in [2.05, 4.69) is 4.98 Å². The monoisotopic (exact) mass is 440 g/mol. The zero-order valence-corrected chi connectivity index (χ0v) is 18.1. The number of benzene rings is 1. The molecule has 8 heteroatoms. The number of carbonyl (C=O) groups excluding carboxylic acids is 2. The highest BCUT2D eigenvalue weighted by molar-refractivity contribution is 5.98. The number of aromatic nitrogens is 1. The fourth-order valence-electron chi connectivity index (χ4n) is 4.36. The molecule has 2 aliphatic heterocycles. The number of ether oxygens (including phenoxy) is 1. The number of nitrogen functional groups attached to an aromatic ring is 1. The third-order valence-corrected chi connectivity index (χ3v) is 6.31. The molecule has 7 nitrogen and oxygen atoms in total. The zero-order valence-electron chi connectivity index (χ0n) is 18.1. The van der Waals surface area contributed by atoms with Crippen LogP contribution in [0.2, 0.25) is 0 Å². The molecule has 0 saturated carbocycles. The Hall–Kier alpha value is -3.00. The summed E-state index contributed by atoms with van der Waals surface area (Å²) in [6.45, 7) is 3.46. The predicted octanol–water partition coefficient (Wildman–Crippen LogP) is 2.61. The van der Waals surface area contributed by atoms with Gasteiger partial charge in [0.1, 0.15) is 11.6 Å². The van der Waals surface area contributed by atoms with E-state index in [0.717, 1.165) is 18.5 Å². The molecule has 0 unspecified atom stereocenters. The van der Waals surface area contributed by atoms with Crippen LogP contribution >= 0.6 is 0 Å². The number of carbonyl (C=O) groups is 2. The molecule has 32 heavy (non-hydrogen) atoms. The van der Waals surface area contributed by atoms with Crippen molar-refractivity contribution < 1.29 is 18.7 Å². The second-order valence-corrected chi connectivity index (χ2v) is 8.32. The van der Waals surface area contributed by atoms with Gasteiger partial charge in [0.25, 0.3) is 5.91 Å². The lowest BCUT2D eigenvalue weighted by Crippen LogP contribution is -2.41. The Kier molecular flexibility index (Phi) is 6.99. The van der Waals surface area contributed by atoms with Gasteiger partial charge in [0.15, 0.2) is 0 Å². The lowest BCUT2D eigenvalue weighted by atomic mass is 9.92. The van der Waals surface area contributed by atoms with Crippen molar-refractivity contribution in [1.29, 1.82) is 0 Å². The first kappa shape index (κ1) is 22.2. The number of hydrogen-bond acceptors (Lipinski definition) is 5. The molecule has 2 aromatic rings. The van der Waals surface area contributed by atoms with Crippen molar-refractivity contribution in [2.24, 2.45) is 0 Å². The van der Waals surface area contributed by atoms with E-state index in [-0.39, 0.29) is 29.4 Å². The molecule has 2 fully saturated rings. The van der Waals surface area contributed by atoms with Crippen LogP contribution in [0.15, 0.2) is 36.4 Å². The molecule has 2 aliphatic rings. The van der Waals surface area contributed by atoms with Crippen molar-refractivity contribution in [1.82, 2.24) is 14.8 Å². The summed E-state index contributed by atoms with van der Waals surface area (Å²) in [5, 5.41) is 0. The maximum absolute atomic E-state index is 13.8. The molecule has 2 amide bonds. The van der Waals surface area contributed by atoms with Crippen LogP contribution in [-0.4, -0.2) is 66.0 Å². The number of hydrogen-bond donors (Lipinski definition) is 1. The molecular formula is C24H29FN4O3. The number of nitrogens with zero attached hydrogens (tertiary/aromatic N) is 3. The highest BCUT2D eigenvalue weighted by Crippen LogP contribution is 2.29. The molecule has 2 N–H and O–H groups in total. The van der Waals surface area contributed by atoms with Crippen LogP contribution < -0.4 is 5.73 Å². The summed E-state index contributed by atoms with van der Waals surface area (Å²) >= 11 is 0. The van der Waals surface area contributed by atoms with E-state index < -0.39 is 0 Å². The fraction of sp³-hybridized carbons (Fsp3) is 0.458. The minimum absolute atomic E-state index is 0.0469. The average Bonchev–Trinajstić information content (AvgIpc) is 2.83. The Morgan fingerprint density at radius 2 is 1.75 bits per heavy atom. The largest absolute Gasteiger partial charge is 0.383 e. The summed E-state index contributed by atoms with van der Waals surface area (Å²) < 4.78 is 19.1. The van der Waals surface area contributed by atoms with E-state index in [1.807, 2.05) is 11.0 Å². The summed E-state index contributed by atoms with van der Waals surface area (Å²) in [5.41, 5.74) is 7.99. The molecule has 0 atom stereocenters. The standard InChI is InChI=1S/C24H29FN4O3/c25-20-4-2-1-3-17(20)5-8-22(30)28-11-9-18(10-12-28)21-7-6-19(23(26)27-21)24(31)29-13-15-32-16-14-29/h1-4,6-7,18H,5,8-16H2,(H2,26,27). The van der Waals surface area contributed by atoms with Gasteiger partial charge in [-0.05, 0) is 43.0 Å². The Morgan fingerprint density at radius 3 is 2.44 bits per heavy atom. The Morgan fingerprint density at radius 1 is 1.03 bits per heavy atom.